The molecule has 0 radical (unpaired) electrons. The third-order valence-electron chi connectivity index (χ3n) is 6.53. The molecular formula is C38H63N3O3. The first-order valence-corrected chi connectivity index (χ1v) is 16.2. The van der Waals surface area contributed by atoms with E-state index in [4.69, 9.17) is 19.6 Å². The summed E-state index contributed by atoms with van der Waals surface area (Å²) < 4.78 is 7.55. The van der Waals surface area contributed by atoms with Crippen LogP contribution in [0.4, 0.5) is 0 Å². The fourth-order valence-electron chi connectivity index (χ4n) is 4.01. The lowest BCUT2D eigenvalue weighted by Gasteiger charge is -2.11. The molecule has 2 aromatic carbocycles. The first kappa shape index (κ1) is 45.2. The van der Waals surface area contributed by atoms with Gasteiger partial charge in [0.05, 0.1) is 18.1 Å². The van der Waals surface area contributed by atoms with E-state index in [-0.39, 0.29) is 0 Å². The van der Waals surface area contributed by atoms with Crippen LogP contribution in [-0.4, -0.2) is 44.4 Å². The summed E-state index contributed by atoms with van der Waals surface area (Å²) in [6, 6.07) is 15.4. The van der Waals surface area contributed by atoms with Crippen LogP contribution >= 0.6 is 0 Å². The number of nitriles is 1. The molecule has 1 aromatic heterocycles. The lowest BCUT2D eigenvalue weighted by molar-refractivity contribution is -0.106. The minimum atomic E-state index is 0.444. The number of aldehydes is 1. The Labute approximate surface area is 270 Å². The number of carbonyl (C=O) groups is 2. The summed E-state index contributed by atoms with van der Waals surface area (Å²) in [5.74, 6) is 0. The molecule has 3 rings (SSSR count). The molecule has 1 N–H and O–H groups in total. The monoisotopic (exact) mass is 609 g/mol. The maximum absolute atomic E-state index is 8.81. The Morgan fingerprint density at radius 2 is 1.52 bits per heavy atom. The number of hydrogen-bond donors (Lipinski definition) is 1. The lowest BCUT2D eigenvalue weighted by Crippen LogP contribution is -2.03. The molecule has 6 nitrogen and oxygen atoms in total. The molecule has 0 spiro atoms. The Morgan fingerprint density at radius 3 is 1.98 bits per heavy atom. The van der Waals surface area contributed by atoms with E-state index in [1.807, 2.05) is 12.9 Å². The van der Waals surface area contributed by atoms with Gasteiger partial charge >= 0.3 is 0 Å². The number of unbranched alkanes of at least 4 members (excludes halogenated alkanes) is 4. The summed E-state index contributed by atoms with van der Waals surface area (Å²) in [5.41, 5.74) is 8.12. The Morgan fingerprint density at radius 1 is 0.886 bits per heavy atom. The molecule has 0 saturated carbocycles. The van der Waals surface area contributed by atoms with Gasteiger partial charge in [-0.05, 0) is 75.4 Å². The number of carbonyl (C=O) groups excluding carboxylic acids is 2. The van der Waals surface area contributed by atoms with Crippen molar-refractivity contribution in [2.75, 3.05) is 26.8 Å². The van der Waals surface area contributed by atoms with E-state index in [0.29, 0.717) is 6.54 Å². The minimum Gasteiger partial charge on any atom is -0.381 e. The maximum Gasteiger partial charge on any atom is 0.116 e. The van der Waals surface area contributed by atoms with Gasteiger partial charge in [0.15, 0.2) is 0 Å². The van der Waals surface area contributed by atoms with Crippen LogP contribution in [0.2, 0.25) is 0 Å². The molecule has 0 aliphatic rings. The number of rotatable bonds is 11. The number of nitrogens with zero attached hydrogens (tertiary/aromatic N) is 2. The molecule has 1 heterocycles. The average Bonchev–Trinajstić information content (AvgIpc) is 3.44. The molecule has 6 heteroatoms. The molecule has 248 valence electrons. The second kappa shape index (κ2) is 32.6. The number of nitrogens with one attached hydrogen (secondary N) is 1. The zero-order chi connectivity index (χ0) is 34.2. The number of aromatic nitrogens is 1. The van der Waals surface area contributed by atoms with Gasteiger partial charge < -0.3 is 24.2 Å². The number of hydrogen-bond acceptors (Lipinski definition) is 5. The molecule has 0 atom stereocenters. The minimum absolute atomic E-state index is 0.444. The van der Waals surface area contributed by atoms with Crippen LogP contribution in [-0.2, 0) is 27.8 Å². The Bertz CT molecular complexity index is 1120. The summed E-state index contributed by atoms with van der Waals surface area (Å²) in [4.78, 5) is 16.8. The summed E-state index contributed by atoms with van der Waals surface area (Å²) in [5, 5.41) is 11.8. The molecule has 0 aliphatic heterocycles. The van der Waals surface area contributed by atoms with Crippen molar-refractivity contribution in [1.29, 1.82) is 5.26 Å². The average molecular weight is 610 g/mol. The first-order valence-electron chi connectivity index (χ1n) is 16.2. The summed E-state index contributed by atoms with van der Waals surface area (Å²) in [6.07, 6.45) is 13.0. The molecule has 0 fully saturated rings. The molecule has 0 bridgehead atoms. The zero-order valence-corrected chi connectivity index (χ0v) is 29.7. The molecule has 44 heavy (non-hydrogen) atoms. The molecular weight excluding hydrogens is 546 g/mol. The van der Waals surface area contributed by atoms with Gasteiger partial charge in [-0.25, -0.2) is 0 Å². The largest absolute Gasteiger partial charge is 0.381 e. The van der Waals surface area contributed by atoms with Crippen LogP contribution in [0.15, 0.2) is 42.6 Å². The van der Waals surface area contributed by atoms with Crippen molar-refractivity contribution < 1.29 is 14.3 Å². The van der Waals surface area contributed by atoms with Gasteiger partial charge in [-0.1, -0.05) is 97.1 Å². The van der Waals surface area contributed by atoms with E-state index in [9.17, 15) is 0 Å². The maximum atomic E-state index is 8.81. The van der Waals surface area contributed by atoms with Crippen molar-refractivity contribution in [1.82, 2.24) is 9.88 Å². The highest BCUT2D eigenvalue weighted by Crippen LogP contribution is 2.32. The van der Waals surface area contributed by atoms with Gasteiger partial charge in [0.2, 0.25) is 0 Å². The zero-order valence-electron chi connectivity index (χ0n) is 29.7. The van der Waals surface area contributed by atoms with Crippen LogP contribution in [0.25, 0.3) is 22.0 Å². The first-order chi connectivity index (χ1) is 21.3. The standard InChI is InChI=1S/C19H21N.C9H20O.C4H10.C3H6N2.C2H4O.CH2O/c1-5-15-7-8-16(12-14(15)3)18-9-6-13(2)17-10-11-20(4)19(17)18;1-3-5-6-7-9-10-8-4-2;1-3-4-2;1-5-3-2-4;1-2-3;1-2/h6-12H,5H2,1-4H3;3-9H2,1-2H3;3-4H2,1-2H3;5H,3H2,1H3;2H,1H3;1H2. The fraction of sp³-hybridized carbons (Fsp3) is 0.553. The molecule has 3 aromatic rings. The van der Waals surface area contributed by atoms with E-state index >= 15 is 0 Å². The van der Waals surface area contributed by atoms with Crippen LogP contribution in [0.1, 0.15) is 103 Å². The highest BCUT2D eigenvalue weighted by molar-refractivity contribution is 5.96. The Balaban J connectivity index is -0.000000587. The number of ether oxygens (including phenoxy) is 1. The smallest absolute Gasteiger partial charge is 0.116 e. The van der Waals surface area contributed by atoms with E-state index in [0.717, 1.165) is 32.3 Å². The molecule has 0 aliphatic carbocycles. The van der Waals surface area contributed by atoms with Crippen LogP contribution in [0.3, 0.4) is 0 Å². The van der Waals surface area contributed by atoms with Crippen LogP contribution in [0.5, 0.6) is 0 Å². The van der Waals surface area contributed by atoms with Crippen molar-refractivity contribution in [3.8, 4) is 17.2 Å². The quantitative estimate of drug-likeness (QED) is 0.133. The SMILES string of the molecule is C=O.CC=O.CCCC.CCCCCCOCCC.CCc1ccc(-c2ccc(C)c3ccn(C)c23)cc1C.CNCC#N. The lowest BCUT2D eigenvalue weighted by atomic mass is 9.96. The van der Waals surface area contributed by atoms with Gasteiger partial charge in [-0.2, -0.15) is 5.26 Å². The van der Waals surface area contributed by atoms with Crippen LogP contribution in [0, 0.1) is 25.2 Å². The summed E-state index contributed by atoms with van der Waals surface area (Å²) in [7, 11) is 3.86. The normalized spacial score (nSPS) is 9.20. The predicted octanol–water partition coefficient (Wildman–Crippen LogP) is 9.57. The van der Waals surface area contributed by atoms with Gasteiger partial charge in [0.25, 0.3) is 0 Å². The molecule has 0 saturated heterocycles. The number of benzene rings is 2. The van der Waals surface area contributed by atoms with E-state index < -0.39 is 0 Å². The fourth-order valence-corrected chi connectivity index (χ4v) is 4.01. The van der Waals surface area contributed by atoms with Crippen molar-refractivity contribution in [2.24, 2.45) is 7.05 Å². The van der Waals surface area contributed by atoms with Gasteiger partial charge in [0.1, 0.15) is 13.1 Å². The number of aryl methyl sites for hydroxylation is 4. The number of fused-ring (bicyclic) bond motifs is 1. The van der Waals surface area contributed by atoms with E-state index in [1.165, 1.54) is 84.2 Å². The van der Waals surface area contributed by atoms with Gasteiger partial charge in [0, 0.05) is 37.4 Å². The Kier molecular flexibility index (Phi) is 33.5. The van der Waals surface area contributed by atoms with Crippen LogP contribution < -0.4 is 5.32 Å². The van der Waals surface area contributed by atoms with Gasteiger partial charge in [-0.3, -0.25) is 0 Å². The van der Waals surface area contributed by atoms with Crippen molar-refractivity contribution in [3.63, 3.8) is 0 Å². The van der Waals surface area contributed by atoms with Crippen molar-refractivity contribution in [2.45, 2.75) is 107 Å². The molecule has 0 amide bonds. The highest BCUT2D eigenvalue weighted by Gasteiger charge is 2.10. The predicted molar refractivity (Wildman–Crippen MR) is 191 cm³/mol. The Hall–Kier alpha value is -3.27. The highest BCUT2D eigenvalue weighted by atomic mass is 16.5. The van der Waals surface area contributed by atoms with Crippen molar-refractivity contribution in [3.05, 3.63) is 59.3 Å². The second-order valence-corrected chi connectivity index (χ2v) is 10.2. The van der Waals surface area contributed by atoms with E-state index in [1.54, 1.807) is 7.05 Å². The third kappa shape index (κ3) is 20.6. The van der Waals surface area contributed by atoms with Crippen molar-refractivity contribution >= 4 is 24.0 Å². The second-order valence-electron chi connectivity index (χ2n) is 10.2. The third-order valence-corrected chi connectivity index (χ3v) is 6.53. The molecule has 0 unspecified atom stereocenters. The topological polar surface area (TPSA) is 84.1 Å². The summed E-state index contributed by atoms with van der Waals surface area (Å²) >= 11 is 0. The summed E-state index contributed by atoms with van der Waals surface area (Å²) in [6.45, 7) is 21.1. The van der Waals surface area contributed by atoms with E-state index in [2.05, 4.69) is 108 Å². The van der Waals surface area contributed by atoms with Gasteiger partial charge in [-0.15, -0.1) is 0 Å².